The van der Waals surface area contributed by atoms with Crippen LogP contribution < -0.4 is 21.1 Å². The lowest BCUT2D eigenvalue weighted by molar-refractivity contribution is -0.139. The quantitative estimate of drug-likeness (QED) is 0.536. The predicted octanol–water partition coefficient (Wildman–Crippen LogP) is 0.367. The van der Waals surface area contributed by atoms with Gasteiger partial charge in [-0.15, -0.1) is 0 Å². The van der Waals surface area contributed by atoms with Crippen molar-refractivity contribution in [3.05, 3.63) is 24.3 Å². The van der Waals surface area contributed by atoms with Crippen LogP contribution in [0.25, 0.3) is 0 Å². The zero-order valence-corrected chi connectivity index (χ0v) is 11.0. The fraction of sp³-hybridized carbons (Fsp3) is 0.250. The van der Waals surface area contributed by atoms with Gasteiger partial charge in [0.05, 0.1) is 12.2 Å². The summed E-state index contributed by atoms with van der Waals surface area (Å²) in [6.45, 7) is -0.500. The monoisotopic (exact) mass is 297 g/mol. The lowest BCUT2D eigenvalue weighted by Gasteiger charge is -2.11. The molecule has 0 radical (unpaired) electrons. The van der Waals surface area contributed by atoms with E-state index in [1.807, 2.05) is 0 Å². The fourth-order valence-corrected chi connectivity index (χ4v) is 1.32. The first-order valence-corrected chi connectivity index (χ1v) is 5.89. The number of amides is 3. The second-order valence-electron chi connectivity index (χ2n) is 3.73. The number of carbonyl (C=O) groups is 3. The first-order chi connectivity index (χ1) is 9.99. The number of para-hydroxylation sites is 2. The molecule has 0 fully saturated rings. The number of rotatable bonds is 7. The number of aliphatic carboxylic acids is 1. The Morgan fingerprint density at radius 3 is 2.62 bits per heavy atom. The number of hydrogen-bond acceptors (Lipinski definition) is 5. The molecule has 1 rings (SSSR count). The van der Waals surface area contributed by atoms with Crippen LogP contribution in [0, 0.1) is 0 Å². The Hall–Kier alpha value is -2.97. The zero-order chi connectivity index (χ0) is 15.7. The van der Waals surface area contributed by atoms with Gasteiger partial charge in [-0.1, -0.05) is 12.1 Å². The van der Waals surface area contributed by atoms with Crippen LogP contribution in [0.15, 0.2) is 24.3 Å². The van der Waals surface area contributed by atoms with Gasteiger partial charge in [0.25, 0.3) is 0 Å². The average Bonchev–Trinajstić information content (AvgIpc) is 2.42. The van der Waals surface area contributed by atoms with E-state index < -0.39 is 24.7 Å². The predicted molar refractivity (Wildman–Crippen MR) is 72.1 cm³/mol. The summed E-state index contributed by atoms with van der Waals surface area (Å²) in [6.07, 6.45) is -0.926. The number of ether oxygens (including phenoxy) is 2. The van der Waals surface area contributed by atoms with Crippen molar-refractivity contribution in [3.63, 3.8) is 0 Å². The number of carboxylic acids is 1. The van der Waals surface area contributed by atoms with Crippen molar-refractivity contribution >= 4 is 23.8 Å². The van der Waals surface area contributed by atoms with Crippen LogP contribution in [0.1, 0.15) is 0 Å². The summed E-state index contributed by atoms with van der Waals surface area (Å²) in [5, 5.41) is 13.5. The second-order valence-corrected chi connectivity index (χ2v) is 3.73. The molecule has 0 saturated heterocycles. The van der Waals surface area contributed by atoms with Crippen molar-refractivity contribution in [2.45, 2.75) is 0 Å². The molecule has 5 N–H and O–H groups in total. The lowest BCUT2D eigenvalue weighted by atomic mass is 10.3. The molecule has 0 atom stereocenters. The van der Waals surface area contributed by atoms with Crippen LogP contribution in [0.2, 0.25) is 0 Å². The van der Waals surface area contributed by atoms with E-state index in [2.05, 4.69) is 15.4 Å². The summed E-state index contributed by atoms with van der Waals surface area (Å²) in [5.74, 6) is -0.902. The van der Waals surface area contributed by atoms with Gasteiger partial charge in [0.2, 0.25) is 0 Å². The number of hydrogen-bond donors (Lipinski definition) is 4. The summed E-state index contributed by atoms with van der Waals surface area (Å²) in [4.78, 5) is 32.4. The first kappa shape index (κ1) is 16.1. The molecule has 1 aromatic rings. The molecule has 0 aliphatic heterocycles. The molecule has 0 bridgehead atoms. The summed E-state index contributed by atoms with van der Waals surface area (Å²) in [7, 11) is 0. The summed E-state index contributed by atoms with van der Waals surface area (Å²) in [6, 6.07) is 5.81. The smallest absolute Gasteiger partial charge is 0.404 e. The van der Waals surface area contributed by atoms with Gasteiger partial charge in [-0.05, 0) is 12.1 Å². The number of carbonyl (C=O) groups excluding carboxylic acids is 2. The molecule has 0 heterocycles. The Balaban J connectivity index is 2.47. The minimum Gasteiger partial charge on any atom is -0.480 e. The molecule has 3 amide bonds. The van der Waals surface area contributed by atoms with E-state index in [1.54, 1.807) is 18.2 Å². The third kappa shape index (κ3) is 6.66. The van der Waals surface area contributed by atoms with Crippen LogP contribution in [0.5, 0.6) is 5.75 Å². The molecule has 0 saturated carbocycles. The summed E-state index contributed by atoms with van der Waals surface area (Å²) >= 11 is 0. The molecule has 9 nitrogen and oxygen atoms in total. The van der Waals surface area contributed by atoms with Crippen LogP contribution in [0.3, 0.4) is 0 Å². The van der Waals surface area contributed by atoms with Crippen LogP contribution in [-0.4, -0.2) is 43.0 Å². The van der Waals surface area contributed by atoms with E-state index in [1.165, 1.54) is 6.07 Å². The van der Waals surface area contributed by atoms with Crippen molar-refractivity contribution in [2.75, 3.05) is 25.1 Å². The van der Waals surface area contributed by atoms with Gasteiger partial charge >= 0.3 is 18.1 Å². The number of benzene rings is 1. The molecular weight excluding hydrogens is 282 g/mol. The summed E-state index contributed by atoms with van der Waals surface area (Å²) < 4.78 is 9.47. The van der Waals surface area contributed by atoms with Gasteiger partial charge in [0, 0.05) is 0 Å². The number of nitrogens with one attached hydrogen (secondary N) is 2. The van der Waals surface area contributed by atoms with E-state index >= 15 is 0 Å². The highest BCUT2D eigenvalue weighted by Gasteiger charge is 2.08. The molecule has 0 aliphatic carbocycles. The van der Waals surface area contributed by atoms with E-state index in [4.69, 9.17) is 15.6 Å². The molecule has 114 valence electrons. The minimum absolute atomic E-state index is 0.0556. The van der Waals surface area contributed by atoms with Crippen LogP contribution >= 0.6 is 0 Å². The highest BCUT2D eigenvalue weighted by Crippen LogP contribution is 2.23. The number of nitrogens with two attached hydrogens (primary N) is 1. The van der Waals surface area contributed by atoms with Crippen molar-refractivity contribution in [1.29, 1.82) is 0 Å². The number of anilines is 1. The highest BCUT2D eigenvalue weighted by molar-refractivity contribution is 5.90. The standard InChI is InChI=1S/C12H15N3O6/c13-11(18)20-6-5-14-12(19)15-8-3-1-2-4-9(8)21-7-10(16)17/h1-4H,5-7H2,(H2,13,18)(H,16,17)(H2,14,15,19). The third-order valence-corrected chi connectivity index (χ3v) is 2.12. The van der Waals surface area contributed by atoms with Crippen molar-refractivity contribution in [2.24, 2.45) is 5.73 Å². The van der Waals surface area contributed by atoms with Crippen molar-refractivity contribution in [3.8, 4) is 5.75 Å². The van der Waals surface area contributed by atoms with Crippen LogP contribution in [-0.2, 0) is 9.53 Å². The Morgan fingerprint density at radius 1 is 1.24 bits per heavy atom. The van der Waals surface area contributed by atoms with Crippen molar-refractivity contribution < 1.29 is 29.0 Å². The summed E-state index contributed by atoms with van der Waals surface area (Å²) in [5.41, 5.74) is 5.07. The normalized spacial score (nSPS) is 9.52. The van der Waals surface area contributed by atoms with Gasteiger partial charge in [-0.25, -0.2) is 14.4 Å². The van der Waals surface area contributed by atoms with Gasteiger partial charge in [0.15, 0.2) is 6.61 Å². The topological polar surface area (TPSA) is 140 Å². The largest absolute Gasteiger partial charge is 0.480 e. The van der Waals surface area contributed by atoms with Crippen molar-refractivity contribution in [1.82, 2.24) is 5.32 Å². The molecule has 0 spiro atoms. The number of primary amides is 1. The molecule has 0 aromatic heterocycles. The van der Waals surface area contributed by atoms with Crippen LogP contribution in [0.4, 0.5) is 15.3 Å². The highest BCUT2D eigenvalue weighted by atomic mass is 16.5. The zero-order valence-electron chi connectivity index (χ0n) is 11.0. The molecule has 9 heteroatoms. The third-order valence-electron chi connectivity index (χ3n) is 2.12. The average molecular weight is 297 g/mol. The van der Waals surface area contributed by atoms with Gasteiger partial charge in [-0.2, -0.15) is 0 Å². The first-order valence-electron chi connectivity index (χ1n) is 5.89. The number of urea groups is 1. The van der Waals surface area contributed by atoms with E-state index in [9.17, 15) is 14.4 Å². The molecule has 1 aromatic carbocycles. The SMILES string of the molecule is NC(=O)OCCNC(=O)Nc1ccccc1OCC(=O)O. The minimum atomic E-state index is -1.13. The Bertz CT molecular complexity index is 519. The van der Waals surface area contributed by atoms with Gasteiger partial charge in [0.1, 0.15) is 12.4 Å². The fourth-order valence-electron chi connectivity index (χ4n) is 1.32. The Kier molecular flexibility index (Phi) is 6.32. The molecule has 0 aliphatic rings. The molecule has 21 heavy (non-hydrogen) atoms. The van der Waals surface area contributed by atoms with Gasteiger partial charge in [-0.3, -0.25) is 0 Å². The molecular formula is C12H15N3O6. The maximum atomic E-state index is 11.6. The molecule has 0 unspecified atom stereocenters. The maximum Gasteiger partial charge on any atom is 0.404 e. The number of carboxylic acid groups (broad SMARTS) is 1. The maximum absolute atomic E-state index is 11.6. The lowest BCUT2D eigenvalue weighted by Crippen LogP contribution is -2.32. The van der Waals surface area contributed by atoms with E-state index in [0.717, 1.165) is 0 Å². The van der Waals surface area contributed by atoms with Gasteiger partial charge < -0.3 is 30.9 Å². The Morgan fingerprint density at radius 2 is 1.95 bits per heavy atom. The van der Waals surface area contributed by atoms with E-state index in [-0.39, 0.29) is 18.9 Å². The second kappa shape index (κ2) is 8.25. The Labute approximate surface area is 120 Å². The van der Waals surface area contributed by atoms with E-state index in [0.29, 0.717) is 5.69 Å².